The van der Waals surface area contributed by atoms with Gasteiger partial charge in [-0.1, -0.05) is 30.3 Å². The van der Waals surface area contributed by atoms with Gasteiger partial charge < -0.3 is 9.64 Å². The van der Waals surface area contributed by atoms with Gasteiger partial charge in [0.2, 0.25) is 11.8 Å². The van der Waals surface area contributed by atoms with E-state index in [2.05, 4.69) is 10.2 Å². The minimum atomic E-state index is -0.280. The van der Waals surface area contributed by atoms with Gasteiger partial charge in [0.1, 0.15) is 6.10 Å². The molecule has 0 radical (unpaired) electrons. The molecular weight excluding hydrogens is 420 g/mol. The average molecular weight is 444 g/mol. The molecule has 0 saturated carbocycles. The largest absolute Gasteiger partial charge is 0.473 e. The molecule has 0 aliphatic carbocycles. The molecule has 33 heavy (non-hydrogen) atoms. The van der Waals surface area contributed by atoms with Crippen LogP contribution in [0.5, 0.6) is 5.88 Å². The second-order valence-electron chi connectivity index (χ2n) is 8.35. The van der Waals surface area contributed by atoms with E-state index in [1.807, 2.05) is 29.2 Å². The highest BCUT2D eigenvalue weighted by atomic mass is 16.5. The standard InChI is InChI=1S/C25H24N4O4/c30-22(10-5-13-29-24(31)20-8-3-4-9-21(20)25(29)32)28-14-11-18(12-15-28)33-23-19-7-2-1-6-17(19)16-26-27-23/h1-4,6-9,16,18H,5,10-15H2. The van der Waals surface area contributed by atoms with Gasteiger partial charge in [-0.3, -0.25) is 19.3 Å². The number of piperidine rings is 1. The highest BCUT2D eigenvalue weighted by Gasteiger charge is 2.34. The summed E-state index contributed by atoms with van der Waals surface area (Å²) < 4.78 is 6.11. The number of rotatable bonds is 6. The monoisotopic (exact) mass is 444 g/mol. The molecule has 0 atom stereocenters. The Morgan fingerprint density at radius 3 is 2.36 bits per heavy atom. The van der Waals surface area contributed by atoms with Crippen molar-refractivity contribution in [3.63, 3.8) is 0 Å². The fourth-order valence-corrected chi connectivity index (χ4v) is 4.46. The second-order valence-corrected chi connectivity index (χ2v) is 8.35. The molecule has 8 heteroatoms. The molecule has 0 spiro atoms. The lowest BCUT2D eigenvalue weighted by molar-refractivity contribution is -0.133. The summed E-state index contributed by atoms with van der Waals surface area (Å²) in [5, 5.41) is 10.1. The van der Waals surface area contributed by atoms with Crippen LogP contribution in [0.15, 0.2) is 54.7 Å². The van der Waals surface area contributed by atoms with Gasteiger partial charge in [0.15, 0.2) is 0 Å². The molecule has 3 heterocycles. The molecule has 2 aliphatic heterocycles. The summed E-state index contributed by atoms with van der Waals surface area (Å²) in [5.74, 6) is 0.00364. The fourth-order valence-electron chi connectivity index (χ4n) is 4.46. The molecule has 1 aromatic heterocycles. The Morgan fingerprint density at radius 2 is 1.64 bits per heavy atom. The van der Waals surface area contributed by atoms with Crippen LogP contribution >= 0.6 is 0 Å². The molecule has 0 N–H and O–H groups in total. The molecular formula is C25H24N4O4. The maximum absolute atomic E-state index is 12.7. The molecule has 1 saturated heterocycles. The van der Waals surface area contributed by atoms with Crippen molar-refractivity contribution in [2.45, 2.75) is 31.8 Å². The molecule has 3 amide bonds. The van der Waals surface area contributed by atoms with E-state index in [-0.39, 0.29) is 30.4 Å². The van der Waals surface area contributed by atoms with Gasteiger partial charge in [-0.15, -0.1) is 5.10 Å². The number of imide groups is 1. The summed E-state index contributed by atoms with van der Waals surface area (Å²) in [6, 6.07) is 14.7. The first-order valence-corrected chi connectivity index (χ1v) is 11.2. The van der Waals surface area contributed by atoms with Crippen LogP contribution in [0.2, 0.25) is 0 Å². The average Bonchev–Trinajstić information content (AvgIpc) is 3.10. The van der Waals surface area contributed by atoms with E-state index in [4.69, 9.17) is 4.74 Å². The first kappa shape index (κ1) is 21.1. The van der Waals surface area contributed by atoms with Crippen LogP contribution < -0.4 is 4.74 Å². The highest BCUT2D eigenvalue weighted by molar-refractivity contribution is 6.21. The van der Waals surface area contributed by atoms with Crippen molar-refractivity contribution < 1.29 is 19.1 Å². The minimum absolute atomic E-state index is 0.0208. The van der Waals surface area contributed by atoms with Gasteiger partial charge in [0, 0.05) is 49.7 Å². The zero-order chi connectivity index (χ0) is 22.8. The Kier molecular flexibility index (Phi) is 5.73. The number of hydrogen-bond donors (Lipinski definition) is 0. The van der Waals surface area contributed by atoms with E-state index >= 15 is 0 Å². The lowest BCUT2D eigenvalue weighted by Gasteiger charge is -2.32. The number of hydrogen-bond acceptors (Lipinski definition) is 6. The number of carbonyl (C=O) groups is 3. The summed E-state index contributed by atoms with van der Waals surface area (Å²) in [6.07, 6.45) is 3.88. The Labute approximate surface area is 191 Å². The molecule has 2 aromatic carbocycles. The topological polar surface area (TPSA) is 92.7 Å². The number of benzene rings is 2. The van der Waals surface area contributed by atoms with Crippen LogP contribution in [0.1, 0.15) is 46.4 Å². The number of nitrogens with zero attached hydrogens (tertiary/aromatic N) is 4. The molecule has 8 nitrogen and oxygen atoms in total. The molecule has 2 aliphatic rings. The Morgan fingerprint density at radius 1 is 0.970 bits per heavy atom. The summed E-state index contributed by atoms with van der Waals surface area (Å²) >= 11 is 0. The van der Waals surface area contributed by atoms with Crippen molar-refractivity contribution in [1.29, 1.82) is 0 Å². The van der Waals surface area contributed by atoms with Crippen molar-refractivity contribution in [3.8, 4) is 5.88 Å². The van der Waals surface area contributed by atoms with Crippen LogP contribution in [-0.2, 0) is 4.79 Å². The summed E-state index contributed by atoms with van der Waals surface area (Å²) in [7, 11) is 0. The van der Waals surface area contributed by atoms with Crippen LogP contribution in [-0.4, -0.2) is 63.5 Å². The number of aromatic nitrogens is 2. The lowest BCUT2D eigenvalue weighted by atomic mass is 10.1. The molecule has 168 valence electrons. The molecule has 3 aromatic rings. The zero-order valence-electron chi connectivity index (χ0n) is 18.1. The van der Waals surface area contributed by atoms with E-state index in [0.717, 1.165) is 23.6 Å². The summed E-state index contributed by atoms with van der Waals surface area (Å²) in [5.41, 5.74) is 0.874. The van der Waals surface area contributed by atoms with Crippen molar-refractivity contribution in [2.24, 2.45) is 0 Å². The van der Waals surface area contributed by atoms with Gasteiger partial charge in [0.05, 0.1) is 17.3 Å². The fraction of sp³-hybridized carbons (Fsp3) is 0.320. The lowest BCUT2D eigenvalue weighted by Crippen LogP contribution is -2.42. The third kappa shape index (κ3) is 4.16. The number of amides is 3. The van der Waals surface area contributed by atoms with E-state index in [1.165, 1.54) is 4.90 Å². The van der Waals surface area contributed by atoms with E-state index in [1.54, 1.807) is 30.5 Å². The second kappa shape index (κ2) is 8.97. The van der Waals surface area contributed by atoms with E-state index < -0.39 is 0 Å². The van der Waals surface area contributed by atoms with Crippen molar-refractivity contribution >= 4 is 28.5 Å². The zero-order valence-corrected chi connectivity index (χ0v) is 18.1. The van der Waals surface area contributed by atoms with Crippen molar-refractivity contribution in [1.82, 2.24) is 20.0 Å². The predicted molar refractivity (Wildman–Crippen MR) is 121 cm³/mol. The van der Waals surface area contributed by atoms with Crippen LogP contribution in [0.25, 0.3) is 10.8 Å². The number of likely N-dealkylation sites (tertiary alicyclic amines) is 1. The Balaban J connectivity index is 1.10. The van der Waals surface area contributed by atoms with Gasteiger partial charge >= 0.3 is 0 Å². The Hall–Kier alpha value is -3.81. The normalized spacial score (nSPS) is 16.4. The number of carbonyl (C=O) groups excluding carboxylic acids is 3. The Bertz CT molecular complexity index is 1180. The first-order chi connectivity index (χ1) is 16.1. The van der Waals surface area contributed by atoms with Gasteiger partial charge in [-0.05, 0) is 24.6 Å². The smallest absolute Gasteiger partial charge is 0.261 e. The highest BCUT2D eigenvalue weighted by Crippen LogP contribution is 2.26. The van der Waals surface area contributed by atoms with Crippen molar-refractivity contribution in [2.75, 3.05) is 19.6 Å². The predicted octanol–water partition coefficient (Wildman–Crippen LogP) is 3.08. The van der Waals surface area contributed by atoms with Gasteiger partial charge in [-0.2, -0.15) is 5.10 Å². The van der Waals surface area contributed by atoms with Gasteiger partial charge in [0.25, 0.3) is 11.8 Å². The molecule has 0 unspecified atom stereocenters. The maximum atomic E-state index is 12.7. The van der Waals surface area contributed by atoms with Crippen LogP contribution in [0.4, 0.5) is 0 Å². The number of ether oxygens (including phenoxy) is 1. The molecule has 5 rings (SSSR count). The van der Waals surface area contributed by atoms with Crippen molar-refractivity contribution in [3.05, 3.63) is 65.9 Å². The first-order valence-electron chi connectivity index (χ1n) is 11.2. The van der Waals surface area contributed by atoms with Crippen LogP contribution in [0, 0.1) is 0 Å². The van der Waals surface area contributed by atoms with Gasteiger partial charge in [-0.25, -0.2) is 0 Å². The SMILES string of the molecule is O=C(CCCN1C(=O)c2ccccc2C1=O)N1CCC(Oc2nncc3ccccc23)CC1. The van der Waals surface area contributed by atoms with E-state index in [9.17, 15) is 14.4 Å². The van der Waals surface area contributed by atoms with E-state index in [0.29, 0.717) is 42.9 Å². The molecule has 1 fully saturated rings. The van der Waals surface area contributed by atoms with Crippen LogP contribution in [0.3, 0.4) is 0 Å². The molecule has 0 bridgehead atoms. The quantitative estimate of drug-likeness (QED) is 0.543. The number of fused-ring (bicyclic) bond motifs is 2. The summed E-state index contributed by atoms with van der Waals surface area (Å²) in [4.78, 5) is 40.6. The third-order valence-corrected chi connectivity index (χ3v) is 6.26. The third-order valence-electron chi connectivity index (χ3n) is 6.26. The minimum Gasteiger partial charge on any atom is -0.473 e. The maximum Gasteiger partial charge on any atom is 0.261 e. The summed E-state index contributed by atoms with van der Waals surface area (Å²) in [6.45, 7) is 1.46.